The molecule has 0 fully saturated rings. The highest BCUT2D eigenvalue weighted by molar-refractivity contribution is 5.39. The third kappa shape index (κ3) is 4.29. The van der Waals surface area contributed by atoms with Crippen LogP contribution in [0.25, 0.3) is 0 Å². The summed E-state index contributed by atoms with van der Waals surface area (Å²) < 4.78 is 5.48. The van der Waals surface area contributed by atoms with Crippen molar-refractivity contribution in [1.82, 2.24) is 9.88 Å². The van der Waals surface area contributed by atoms with Gasteiger partial charge in [-0.3, -0.25) is 10.1 Å². The van der Waals surface area contributed by atoms with E-state index in [2.05, 4.69) is 9.88 Å². The molecule has 0 aliphatic carbocycles. The van der Waals surface area contributed by atoms with Crippen LogP contribution < -0.4 is 4.74 Å². The van der Waals surface area contributed by atoms with E-state index in [1.807, 2.05) is 27.9 Å². The molecule has 0 amide bonds. The molecule has 0 atom stereocenters. The van der Waals surface area contributed by atoms with E-state index in [0.29, 0.717) is 6.61 Å². The SMILES string of the molecule is CN(C)CC(C)(C)COc1ncccc1[N+](=O)[O-]. The van der Waals surface area contributed by atoms with Crippen LogP contribution in [-0.2, 0) is 0 Å². The lowest BCUT2D eigenvalue weighted by Gasteiger charge is -2.27. The predicted molar refractivity (Wildman–Crippen MR) is 68.7 cm³/mol. The van der Waals surface area contributed by atoms with Gasteiger partial charge >= 0.3 is 5.69 Å². The standard InChI is InChI=1S/C12H19N3O3/c1-12(2,8-14(3)4)9-18-11-10(15(16)17)6-5-7-13-11/h5-7H,8-9H2,1-4H3. The van der Waals surface area contributed by atoms with Crippen molar-refractivity contribution >= 4 is 5.69 Å². The van der Waals surface area contributed by atoms with Crippen molar-refractivity contribution < 1.29 is 9.66 Å². The Balaban J connectivity index is 2.71. The quantitative estimate of drug-likeness (QED) is 0.572. The lowest BCUT2D eigenvalue weighted by Crippen LogP contribution is -2.33. The highest BCUT2D eigenvalue weighted by atomic mass is 16.6. The Morgan fingerprint density at radius 2 is 2.17 bits per heavy atom. The van der Waals surface area contributed by atoms with E-state index in [1.165, 1.54) is 18.3 Å². The number of hydrogen-bond donors (Lipinski definition) is 0. The van der Waals surface area contributed by atoms with Gasteiger partial charge in [-0.15, -0.1) is 0 Å². The summed E-state index contributed by atoms with van der Waals surface area (Å²) in [7, 11) is 3.95. The van der Waals surface area contributed by atoms with Crippen LogP contribution in [0.15, 0.2) is 18.3 Å². The minimum absolute atomic E-state index is 0.0781. The molecule has 18 heavy (non-hydrogen) atoms. The van der Waals surface area contributed by atoms with Crippen LogP contribution in [0.2, 0.25) is 0 Å². The molecule has 0 radical (unpaired) electrons. The monoisotopic (exact) mass is 253 g/mol. The van der Waals surface area contributed by atoms with Gasteiger partial charge in [0.05, 0.1) is 11.5 Å². The zero-order valence-electron chi connectivity index (χ0n) is 11.2. The summed E-state index contributed by atoms with van der Waals surface area (Å²) in [6, 6.07) is 2.91. The van der Waals surface area contributed by atoms with Crippen molar-refractivity contribution in [1.29, 1.82) is 0 Å². The maximum absolute atomic E-state index is 10.8. The highest BCUT2D eigenvalue weighted by Crippen LogP contribution is 2.25. The Kier molecular flexibility index (Phi) is 4.61. The summed E-state index contributed by atoms with van der Waals surface area (Å²) in [4.78, 5) is 16.3. The lowest BCUT2D eigenvalue weighted by molar-refractivity contribution is -0.386. The van der Waals surface area contributed by atoms with E-state index >= 15 is 0 Å². The molecule has 0 saturated carbocycles. The van der Waals surface area contributed by atoms with Gasteiger partial charge in [-0.1, -0.05) is 13.8 Å². The van der Waals surface area contributed by atoms with Crippen LogP contribution >= 0.6 is 0 Å². The Bertz CT molecular complexity index is 419. The van der Waals surface area contributed by atoms with Gasteiger partial charge in [0.25, 0.3) is 5.88 Å². The summed E-state index contributed by atoms with van der Waals surface area (Å²) in [6.07, 6.45) is 1.49. The van der Waals surface area contributed by atoms with Crippen molar-refractivity contribution in [2.45, 2.75) is 13.8 Å². The molecule has 0 unspecified atom stereocenters. The van der Waals surface area contributed by atoms with E-state index in [4.69, 9.17) is 4.74 Å². The first kappa shape index (κ1) is 14.4. The number of aromatic nitrogens is 1. The van der Waals surface area contributed by atoms with Crippen LogP contribution in [0, 0.1) is 15.5 Å². The van der Waals surface area contributed by atoms with Crippen molar-refractivity contribution in [3.8, 4) is 5.88 Å². The van der Waals surface area contributed by atoms with Gasteiger partial charge < -0.3 is 9.64 Å². The van der Waals surface area contributed by atoms with E-state index in [0.717, 1.165) is 6.54 Å². The second-order valence-electron chi connectivity index (χ2n) is 5.28. The minimum atomic E-state index is -0.485. The zero-order chi connectivity index (χ0) is 13.8. The molecule has 0 spiro atoms. The maximum Gasteiger partial charge on any atom is 0.330 e. The second-order valence-corrected chi connectivity index (χ2v) is 5.28. The summed E-state index contributed by atoms with van der Waals surface area (Å²) >= 11 is 0. The molecule has 0 aliphatic heterocycles. The molecule has 0 N–H and O–H groups in total. The first-order valence-corrected chi connectivity index (χ1v) is 5.69. The topological polar surface area (TPSA) is 68.5 Å². The van der Waals surface area contributed by atoms with Crippen LogP contribution in [0.1, 0.15) is 13.8 Å². The molecule has 1 rings (SSSR count). The lowest BCUT2D eigenvalue weighted by atomic mass is 9.94. The maximum atomic E-state index is 10.8. The van der Waals surface area contributed by atoms with E-state index in [-0.39, 0.29) is 17.0 Å². The zero-order valence-corrected chi connectivity index (χ0v) is 11.2. The van der Waals surface area contributed by atoms with Gasteiger partial charge in [0.15, 0.2) is 0 Å². The van der Waals surface area contributed by atoms with Crippen LogP contribution in [-0.4, -0.2) is 42.1 Å². The molecule has 6 nitrogen and oxygen atoms in total. The highest BCUT2D eigenvalue weighted by Gasteiger charge is 2.23. The number of rotatable bonds is 6. The molecule has 0 aliphatic rings. The molecule has 6 heteroatoms. The van der Waals surface area contributed by atoms with Gasteiger partial charge in [-0.2, -0.15) is 0 Å². The van der Waals surface area contributed by atoms with Crippen molar-refractivity contribution in [3.05, 3.63) is 28.4 Å². The number of hydrogen-bond acceptors (Lipinski definition) is 5. The molecule has 1 aromatic rings. The average molecular weight is 253 g/mol. The fraction of sp³-hybridized carbons (Fsp3) is 0.583. The Hall–Kier alpha value is -1.69. The Labute approximate surface area is 107 Å². The van der Waals surface area contributed by atoms with Gasteiger partial charge in [0.1, 0.15) is 0 Å². The third-order valence-corrected chi connectivity index (χ3v) is 2.29. The summed E-state index contributed by atoms with van der Waals surface area (Å²) in [5.74, 6) is 0.0781. The third-order valence-electron chi connectivity index (χ3n) is 2.29. The van der Waals surface area contributed by atoms with Gasteiger partial charge in [-0.05, 0) is 20.2 Å². The van der Waals surface area contributed by atoms with E-state index in [9.17, 15) is 10.1 Å². The number of ether oxygens (including phenoxy) is 1. The number of nitrogens with zero attached hydrogens (tertiary/aromatic N) is 3. The molecule has 100 valence electrons. The second kappa shape index (κ2) is 5.77. The molecule has 1 heterocycles. The van der Waals surface area contributed by atoms with Crippen molar-refractivity contribution in [2.75, 3.05) is 27.2 Å². The van der Waals surface area contributed by atoms with E-state index in [1.54, 1.807) is 0 Å². The van der Waals surface area contributed by atoms with Crippen LogP contribution in [0.4, 0.5) is 5.69 Å². The fourth-order valence-corrected chi connectivity index (χ4v) is 1.80. The first-order chi connectivity index (χ1) is 8.32. The molecule has 1 aromatic heterocycles. The molecule has 0 aromatic carbocycles. The van der Waals surface area contributed by atoms with Crippen molar-refractivity contribution in [3.63, 3.8) is 0 Å². The van der Waals surface area contributed by atoms with Crippen molar-refractivity contribution in [2.24, 2.45) is 5.41 Å². The van der Waals surface area contributed by atoms with Crippen LogP contribution in [0.5, 0.6) is 5.88 Å². The summed E-state index contributed by atoms with van der Waals surface area (Å²) in [6.45, 7) is 5.29. The van der Waals surface area contributed by atoms with E-state index < -0.39 is 4.92 Å². The Morgan fingerprint density at radius 1 is 1.50 bits per heavy atom. The summed E-state index contributed by atoms with van der Waals surface area (Å²) in [5.41, 5.74) is -0.201. The minimum Gasteiger partial charge on any atom is -0.472 e. The molecule has 0 saturated heterocycles. The Morgan fingerprint density at radius 3 is 2.72 bits per heavy atom. The average Bonchev–Trinajstić information content (AvgIpc) is 2.25. The normalized spacial score (nSPS) is 11.6. The molecular weight excluding hydrogens is 234 g/mol. The first-order valence-electron chi connectivity index (χ1n) is 5.69. The smallest absolute Gasteiger partial charge is 0.330 e. The van der Waals surface area contributed by atoms with Gasteiger partial charge in [-0.25, -0.2) is 4.98 Å². The predicted octanol–water partition coefficient (Wildman–Crippen LogP) is 1.96. The van der Waals surface area contributed by atoms with Gasteiger partial charge in [0.2, 0.25) is 0 Å². The largest absolute Gasteiger partial charge is 0.472 e. The fourth-order valence-electron chi connectivity index (χ4n) is 1.80. The van der Waals surface area contributed by atoms with Gasteiger partial charge in [0, 0.05) is 24.2 Å². The molecule has 0 bridgehead atoms. The van der Waals surface area contributed by atoms with Crippen LogP contribution in [0.3, 0.4) is 0 Å². The number of pyridine rings is 1. The molecular formula is C12H19N3O3. The number of nitro groups is 1. The summed E-state index contributed by atoms with van der Waals surface area (Å²) in [5, 5.41) is 10.8.